The minimum Gasteiger partial charge on any atom is -0.350 e. The molecule has 1 aromatic carbocycles. The van der Waals surface area contributed by atoms with Crippen LogP contribution in [-0.4, -0.2) is 36.3 Å². The van der Waals surface area contributed by atoms with Gasteiger partial charge in [-0.3, -0.25) is 4.79 Å². The fourth-order valence-corrected chi connectivity index (χ4v) is 2.81. The predicted molar refractivity (Wildman–Crippen MR) is 79.1 cm³/mol. The number of amides is 1. The number of rotatable bonds is 8. The third-order valence-corrected chi connectivity index (χ3v) is 4.41. The largest absolute Gasteiger partial charge is 0.350 e. The molecule has 0 saturated heterocycles. The number of hydrogen-bond acceptors (Lipinski definition) is 5. The predicted octanol–water partition coefficient (Wildman–Crippen LogP) is 0.319. The van der Waals surface area contributed by atoms with Crippen molar-refractivity contribution in [1.82, 2.24) is 25.4 Å². The number of sulfonamides is 1. The van der Waals surface area contributed by atoms with Gasteiger partial charge >= 0.3 is 0 Å². The number of H-pyrrole nitrogens is 1. The Morgan fingerprint density at radius 3 is 2.65 bits per heavy atom. The standard InChI is InChI=1S/C13H16FN5O3S/c14-10-3-5-12(6-4-10)23(21,22)17-7-1-2-13(20)15-8-11-9-16-19-18-11/h3-6,9,17H,1-2,7-8H2,(H,15,20)(H,16,18,19). The molecule has 2 aromatic rings. The first-order chi connectivity index (χ1) is 11.0. The maximum Gasteiger partial charge on any atom is 0.240 e. The second kappa shape index (κ2) is 7.79. The van der Waals surface area contributed by atoms with E-state index in [4.69, 9.17) is 0 Å². The molecule has 0 radical (unpaired) electrons. The quantitative estimate of drug-likeness (QED) is 0.598. The van der Waals surface area contributed by atoms with E-state index in [1.54, 1.807) is 0 Å². The van der Waals surface area contributed by atoms with Crippen LogP contribution >= 0.6 is 0 Å². The summed E-state index contributed by atoms with van der Waals surface area (Å²) in [5.41, 5.74) is 0.607. The molecular formula is C13H16FN5O3S. The number of carbonyl (C=O) groups excluding carboxylic acids is 1. The van der Waals surface area contributed by atoms with Crippen LogP contribution in [0.2, 0.25) is 0 Å². The topological polar surface area (TPSA) is 117 Å². The Kier molecular flexibility index (Phi) is 5.77. The molecule has 0 fully saturated rings. The van der Waals surface area contributed by atoms with Crippen LogP contribution in [-0.2, 0) is 21.4 Å². The smallest absolute Gasteiger partial charge is 0.240 e. The lowest BCUT2D eigenvalue weighted by Gasteiger charge is -2.07. The highest BCUT2D eigenvalue weighted by atomic mass is 32.2. The first-order valence-electron chi connectivity index (χ1n) is 6.84. The number of aromatic nitrogens is 3. The van der Waals surface area contributed by atoms with Crippen molar-refractivity contribution in [3.8, 4) is 0 Å². The van der Waals surface area contributed by atoms with Gasteiger partial charge in [-0.25, -0.2) is 17.5 Å². The summed E-state index contributed by atoms with van der Waals surface area (Å²) < 4.78 is 39.0. The lowest BCUT2D eigenvalue weighted by molar-refractivity contribution is -0.121. The molecule has 0 spiro atoms. The van der Waals surface area contributed by atoms with Crippen LogP contribution in [0, 0.1) is 5.82 Å². The molecule has 0 aliphatic carbocycles. The number of nitrogens with one attached hydrogen (secondary N) is 3. The van der Waals surface area contributed by atoms with Gasteiger partial charge in [0.05, 0.1) is 17.6 Å². The summed E-state index contributed by atoms with van der Waals surface area (Å²) >= 11 is 0. The molecule has 0 unspecified atom stereocenters. The molecule has 8 nitrogen and oxygen atoms in total. The minimum atomic E-state index is -3.69. The van der Waals surface area contributed by atoms with E-state index < -0.39 is 15.8 Å². The Bertz CT molecular complexity index is 731. The third-order valence-electron chi connectivity index (χ3n) is 2.93. The van der Waals surface area contributed by atoms with E-state index >= 15 is 0 Å². The molecule has 0 bridgehead atoms. The molecule has 124 valence electrons. The van der Waals surface area contributed by atoms with Crippen molar-refractivity contribution in [2.45, 2.75) is 24.3 Å². The summed E-state index contributed by atoms with van der Waals surface area (Å²) in [4.78, 5) is 11.6. The zero-order valence-electron chi connectivity index (χ0n) is 12.1. The van der Waals surface area contributed by atoms with Gasteiger partial charge < -0.3 is 5.32 Å². The normalized spacial score (nSPS) is 11.3. The van der Waals surface area contributed by atoms with Gasteiger partial charge in [0.15, 0.2) is 0 Å². The third kappa shape index (κ3) is 5.42. The van der Waals surface area contributed by atoms with Gasteiger partial charge in [-0.1, -0.05) is 0 Å². The highest BCUT2D eigenvalue weighted by Crippen LogP contribution is 2.09. The molecular weight excluding hydrogens is 325 g/mol. The summed E-state index contributed by atoms with van der Waals surface area (Å²) in [5, 5.41) is 12.5. The number of halogens is 1. The van der Waals surface area contributed by atoms with Crippen molar-refractivity contribution in [1.29, 1.82) is 0 Å². The lowest BCUT2D eigenvalue weighted by atomic mass is 10.3. The van der Waals surface area contributed by atoms with Gasteiger partial charge in [-0.2, -0.15) is 15.4 Å². The van der Waals surface area contributed by atoms with E-state index in [1.807, 2.05) is 0 Å². The first kappa shape index (κ1) is 17.0. The monoisotopic (exact) mass is 341 g/mol. The summed E-state index contributed by atoms with van der Waals surface area (Å²) in [6, 6.07) is 4.52. The molecule has 23 heavy (non-hydrogen) atoms. The fraction of sp³-hybridized carbons (Fsp3) is 0.308. The number of hydrogen-bond donors (Lipinski definition) is 3. The van der Waals surface area contributed by atoms with Crippen molar-refractivity contribution in [2.24, 2.45) is 0 Å². The van der Waals surface area contributed by atoms with Crippen LogP contribution in [0.3, 0.4) is 0 Å². The zero-order chi connectivity index (χ0) is 16.7. The second-order valence-corrected chi connectivity index (χ2v) is 6.46. The Hall–Kier alpha value is -2.33. The van der Waals surface area contributed by atoms with Gasteiger partial charge in [0.25, 0.3) is 0 Å². The average molecular weight is 341 g/mol. The van der Waals surface area contributed by atoms with Crippen molar-refractivity contribution < 1.29 is 17.6 Å². The van der Waals surface area contributed by atoms with Crippen LogP contribution in [0.5, 0.6) is 0 Å². The SMILES string of the molecule is O=C(CCCNS(=O)(=O)c1ccc(F)cc1)NCc1cn[nH]n1. The van der Waals surface area contributed by atoms with E-state index in [0.29, 0.717) is 12.1 Å². The first-order valence-corrected chi connectivity index (χ1v) is 8.32. The molecule has 0 aliphatic heterocycles. The number of carbonyl (C=O) groups is 1. The molecule has 2 rings (SSSR count). The van der Waals surface area contributed by atoms with Crippen molar-refractivity contribution >= 4 is 15.9 Å². The van der Waals surface area contributed by atoms with E-state index in [9.17, 15) is 17.6 Å². The van der Waals surface area contributed by atoms with E-state index in [1.165, 1.54) is 18.3 Å². The van der Waals surface area contributed by atoms with Crippen LogP contribution in [0.4, 0.5) is 4.39 Å². The summed E-state index contributed by atoms with van der Waals surface area (Å²) in [5.74, 6) is -0.721. The molecule has 10 heteroatoms. The Balaban J connectivity index is 1.70. The molecule has 1 aromatic heterocycles. The highest BCUT2D eigenvalue weighted by molar-refractivity contribution is 7.89. The molecule has 1 amide bonds. The fourth-order valence-electron chi connectivity index (χ4n) is 1.74. The molecule has 0 atom stereocenters. The summed E-state index contributed by atoms with van der Waals surface area (Å²) in [7, 11) is -3.69. The Labute approximate surface area is 132 Å². The van der Waals surface area contributed by atoms with Gasteiger partial charge in [-0.05, 0) is 30.7 Å². The van der Waals surface area contributed by atoms with E-state index in [2.05, 4.69) is 25.4 Å². The number of aromatic amines is 1. The van der Waals surface area contributed by atoms with E-state index in [-0.39, 0.29) is 30.3 Å². The van der Waals surface area contributed by atoms with Gasteiger partial charge in [-0.15, -0.1) is 0 Å². The van der Waals surface area contributed by atoms with Crippen LogP contribution in [0.1, 0.15) is 18.5 Å². The number of nitrogens with zero attached hydrogens (tertiary/aromatic N) is 2. The van der Waals surface area contributed by atoms with Gasteiger partial charge in [0, 0.05) is 13.0 Å². The zero-order valence-corrected chi connectivity index (χ0v) is 12.9. The van der Waals surface area contributed by atoms with Crippen molar-refractivity contribution in [2.75, 3.05) is 6.54 Å². The maximum absolute atomic E-state index is 12.8. The minimum absolute atomic E-state index is 0.0191. The van der Waals surface area contributed by atoms with Crippen molar-refractivity contribution in [3.63, 3.8) is 0 Å². The molecule has 1 heterocycles. The van der Waals surface area contributed by atoms with Crippen LogP contribution < -0.4 is 10.0 Å². The molecule has 3 N–H and O–H groups in total. The van der Waals surface area contributed by atoms with Crippen molar-refractivity contribution in [3.05, 3.63) is 42.0 Å². The average Bonchev–Trinajstić information content (AvgIpc) is 3.03. The Morgan fingerprint density at radius 2 is 2.00 bits per heavy atom. The van der Waals surface area contributed by atoms with Gasteiger partial charge in [0.2, 0.25) is 15.9 Å². The molecule has 0 saturated carbocycles. The maximum atomic E-state index is 12.8. The van der Waals surface area contributed by atoms with Gasteiger partial charge in [0.1, 0.15) is 11.5 Å². The summed E-state index contributed by atoms with van der Waals surface area (Å²) in [6.07, 6.45) is 2.01. The number of benzene rings is 1. The van der Waals surface area contributed by atoms with Crippen LogP contribution in [0.15, 0.2) is 35.4 Å². The van der Waals surface area contributed by atoms with Crippen LogP contribution in [0.25, 0.3) is 0 Å². The Morgan fingerprint density at radius 1 is 1.26 bits per heavy atom. The second-order valence-electron chi connectivity index (χ2n) is 4.69. The lowest BCUT2D eigenvalue weighted by Crippen LogP contribution is -2.27. The van der Waals surface area contributed by atoms with E-state index in [0.717, 1.165) is 12.1 Å². The molecule has 0 aliphatic rings. The summed E-state index contributed by atoms with van der Waals surface area (Å²) in [6.45, 7) is 0.369. The highest BCUT2D eigenvalue weighted by Gasteiger charge is 2.13.